The maximum atomic E-state index is 12.2. The molecule has 0 aromatic heterocycles. The van der Waals surface area contributed by atoms with E-state index >= 15 is 0 Å². The molecule has 4 nitrogen and oxygen atoms in total. The molecule has 5 rings (SSSR count). The Morgan fingerprint density at radius 2 is 1.93 bits per heavy atom. The molecule has 0 aromatic rings. The summed E-state index contributed by atoms with van der Waals surface area (Å²) in [6.07, 6.45) is 9.96. The van der Waals surface area contributed by atoms with Crippen molar-refractivity contribution in [1.29, 1.82) is 0 Å². The van der Waals surface area contributed by atoms with Crippen molar-refractivity contribution in [3.8, 4) is 0 Å². The quantitative estimate of drug-likeness (QED) is 0.538. The first-order chi connectivity index (χ1) is 12.7. The molecule has 1 heterocycles. The Labute approximate surface area is 162 Å². The van der Waals surface area contributed by atoms with Crippen molar-refractivity contribution < 1.29 is 19.1 Å². The molecule has 0 radical (unpaired) electrons. The molecule has 148 valence electrons. The van der Waals surface area contributed by atoms with Gasteiger partial charge in [0.1, 0.15) is 11.7 Å². The predicted octanol–water partition coefficient (Wildman–Crippen LogP) is 4.22. The van der Waals surface area contributed by atoms with Crippen LogP contribution in [0.2, 0.25) is 0 Å². The van der Waals surface area contributed by atoms with Crippen LogP contribution in [0.5, 0.6) is 0 Å². The van der Waals surface area contributed by atoms with E-state index in [9.17, 15) is 9.59 Å². The number of Topliss-reactive ketones (excluding diaryl/α,β-unsaturated/α-hetero) is 1. The average molecular weight is 373 g/mol. The number of esters is 1. The zero-order chi connectivity index (χ0) is 19.2. The van der Waals surface area contributed by atoms with Gasteiger partial charge in [0.05, 0.1) is 6.10 Å². The van der Waals surface area contributed by atoms with E-state index in [1.807, 2.05) is 0 Å². The maximum absolute atomic E-state index is 12.2. The molecule has 4 fully saturated rings. The first-order valence-electron chi connectivity index (χ1n) is 10.8. The van der Waals surface area contributed by atoms with E-state index in [0.29, 0.717) is 23.9 Å². The third-order valence-electron chi connectivity index (χ3n) is 9.33. The van der Waals surface area contributed by atoms with Crippen LogP contribution in [0.4, 0.5) is 0 Å². The van der Waals surface area contributed by atoms with Crippen LogP contribution in [0.3, 0.4) is 0 Å². The number of fused-ring (bicyclic) bond motifs is 4. The van der Waals surface area contributed by atoms with Crippen LogP contribution in [-0.4, -0.2) is 29.6 Å². The van der Waals surface area contributed by atoms with Crippen molar-refractivity contribution in [1.82, 2.24) is 0 Å². The molecular weight excluding hydrogens is 340 g/mol. The van der Waals surface area contributed by atoms with Gasteiger partial charge < -0.3 is 9.47 Å². The molecule has 27 heavy (non-hydrogen) atoms. The highest BCUT2D eigenvalue weighted by atomic mass is 16.6. The van der Waals surface area contributed by atoms with Crippen LogP contribution >= 0.6 is 0 Å². The molecule has 0 amide bonds. The lowest BCUT2D eigenvalue weighted by Gasteiger charge is -2.59. The molecule has 3 saturated carbocycles. The van der Waals surface area contributed by atoms with Crippen molar-refractivity contribution in [3.63, 3.8) is 0 Å². The molecule has 1 saturated heterocycles. The molecule has 0 unspecified atom stereocenters. The summed E-state index contributed by atoms with van der Waals surface area (Å²) in [5.74, 6) is 1.98. The number of carbonyl (C=O) groups excluding carboxylic acids is 2. The molecule has 8 atom stereocenters. The summed E-state index contributed by atoms with van der Waals surface area (Å²) in [4.78, 5) is 23.7. The molecule has 0 N–H and O–H groups in total. The number of hydrogen-bond acceptors (Lipinski definition) is 4. The van der Waals surface area contributed by atoms with Gasteiger partial charge in [-0.1, -0.05) is 19.9 Å². The summed E-state index contributed by atoms with van der Waals surface area (Å²) in [7, 11) is 0. The van der Waals surface area contributed by atoms with Crippen molar-refractivity contribution in [2.45, 2.75) is 90.4 Å². The summed E-state index contributed by atoms with van der Waals surface area (Å²) in [5.41, 5.74) is 1.25. The van der Waals surface area contributed by atoms with Crippen LogP contribution in [0.1, 0.15) is 72.6 Å². The zero-order valence-electron chi connectivity index (χ0n) is 17.0. The maximum Gasteiger partial charge on any atom is 0.302 e. The minimum Gasteiger partial charge on any atom is -0.462 e. The van der Waals surface area contributed by atoms with Crippen LogP contribution in [0, 0.1) is 28.6 Å². The molecular formula is C23H32O4. The Morgan fingerprint density at radius 1 is 1.15 bits per heavy atom. The van der Waals surface area contributed by atoms with Crippen LogP contribution in [0.25, 0.3) is 0 Å². The lowest BCUT2D eigenvalue weighted by atomic mass is 9.44. The van der Waals surface area contributed by atoms with E-state index in [-0.39, 0.29) is 34.3 Å². The summed E-state index contributed by atoms with van der Waals surface area (Å²) in [6, 6.07) is 0. The molecule has 1 aliphatic heterocycles. The molecule has 0 bridgehead atoms. The van der Waals surface area contributed by atoms with E-state index in [1.54, 1.807) is 6.92 Å². The number of rotatable bonds is 2. The van der Waals surface area contributed by atoms with E-state index in [1.165, 1.54) is 13.3 Å². The second-order valence-corrected chi connectivity index (χ2v) is 10.4. The Balaban J connectivity index is 1.43. The number of carbonyl (C=O) groups is 2. The Morgan fingerprint density at radius 3 is 2.63 bits per heavy atom. The second-order valence-electron chi connectivity index (χ2n) is 10.4. The van der Waals surface area contributed by atoms with Crippen molar-refractivity contribution in [2.75, 3.05) is 0 Å². The number of ether oxygens (including phenoxy) is 2. The Hall–Kier alpha value is -1.16. The highest BCUT2D eigenvalue weighted by molar-refractivity contribution is 5.95. The zero-order valence-corrected chi connectivity index (χ0v) is 17.0. The highest BCUT2D eigenvalue weighted by Crippen LogP contribution is 2.73. The summed E-state index contributed by atoms with van der Waals surface area (Å²) < 4.78 is 12.0. The Kier molecular flexibility index (Phi) is 3.62. The average Bonchev–Trinajstić information content (AvgIpc) is 3.15. The topological polar surface area (TPSA) is 55.9 Å². The second kappa shape index (κ2) is 5.46. The number of epoxide rings is 1. The van der Waals surface area contributed by atoms with Gasteiger partial charge in [0, 0.05) is 18.8 Å². The fraction of sp³-hybridized carbons (Fsp3) is 0.826. The van der Waals surface area contributed by atoms with Crippen molar-refractivity contribution in [3.05, 3.63) is 11.6 Å². The van der Waals surface area contributed by atoms with Gasteiger partial charge in [-0.25, -0.2) is 0 Å². The first kappa shape index (κ1) is 17.9. The van der Waals surface area contributed by atoms with Crippen molar-refractivity contribution >= 4 is 11.8 Å². The molecule has 0 aromatic carbocycles. The standard InChI is InChI=1S/C23H32O4/c1-13(24)17-5-6-18-16-11-20-23(27-20)12-15(26-14(2)25)7-10-22(23,4)19(16)8-9-21(17,18)3/h5,15-16,18-20H,6-12H2,1-4H3/t15-,16+,18+,19+,20+,21+,22+,23-/m0/s1. The SMILES string of the molecule is CC(=O)O[C@H]1CC[C@]2(C)[C@@H]3CC[C@]4(C)C(C(C)=O)=CC[C@@H]4[C@H]3C[C@H]3O[C@@]32C1. The van der Waals surface area contributed by atoms with Gasteiger partial charge >= 0.3 is 5.97 Å². The smallest absolute Gasteiger partial charge is 0.302 e. The van der Waals surface area contributed by atoms with Gasteiger partial charge in [-0.2, -0.15) is 0 Å². The predicted molar refractivity (Wildman–Crippen MR) is 101 cm³/mol. The number of ketones is 1. The first-order valence-corrected chi connectivity index (χ1v) is 10.8. The van der Waals surface area contributed by atoms with Crippen LogP contribution in [0.15, 0.2) is 11.6 Å². The summed E-state index contributed by atoms with van der Waals surface area (Å²) >= 11 is 0. The lowest BCUT2D eigenvalue weighted by Crippen LogP contribution is -2.58. The van der Waals surface area contributed by atoms with Gasteiger partial charge in [0.2, 0.25) is 0 Å². The largest absolute Gasteiger partial charge is 0.462 e. The van der Waals surface area contributed by atoms with Gasteiger partial charge in [-0.15, -0.1) is 0 Å². The number of hydrogen-bond donors (Lipinski definition) is 0. The lowest BCUT2D eigenvalue weighted by molar-refractivity contribution is -0.156. The van der Waals surface area contributed by atoms with E-state index in [4.69, 9.17) is 9.47 Å². The summed E-state index contributed by atoms with van der Waals surface area (Å²) in [5, 5.41) is 0. The molecule has 4 heteroatoms. The van der Waals surface area contributed by atoms with Gasteiger partial charge in [-0.05, 0) is 74.2 Å². The van der Waals surface area contributed by atoms with Gasteiger partial charge in [0.15, 0.2) is 5.78 Å². The molecule has 4 aliphatic carbocycles. The third kappa shape index (κ3) is 2.19. The fourth-order valence-electron chi connectivity index (χ4n) is 8.09. The van der Waals surface area contributed by atoms with Gasteiger partial charge in [0.25, 0.3) is 0 Å². The fourth-order valence-corrected chi connectivity index (χ4v) is 8.09. The van der Waals surface area contributed by atoms with Gasteiger partial charge in [-0.3, -0.25) is 9.59 Å². The number of allylic oxidation sites excluding steroid dienone is 2. The normalized spacial score (nSPS) is 52.6. The third-order valence-corrected chi connectivity index (χ3v) is 9.33. The van der Waals surface area contributed by atoms with E-state index < -0.39 is 0 Å². The molecule has 1 spiro atoms. The molecule has 5 aliphatic rings. The highest BCUT2D eigenvalue weighted by Gasteiger charge is 2.76. The van der Waals surface area contributed by atoms with E-state index in [0.717, 1.165) is 44.1 Å². The van der Waals surface area contributed by atoms with Crippen molar-refractivity contribution in [2.24, 2.45) is 28.6 Å². The summed E-state index contributed by atoms with van der Waals surface area (Å²) in [6.45, 7) is 8.03. The minimum atomic E-state index is -0.173. The van der Waals surface area contributed by atoms with E-state index in [2.05, 4.69) is 19.9 Å². The minimum absolute atomic E-state index is 0.0171. The van der Waals surface area contributed by atoms with Crippen LogP contribution in [-0.2, 0) is 19.1 Å². The Bertz CT molecular complexity index is 741. The van der Waals surface area contributed by atoms with Crippen LogP contribution < -0.4 is 0 Å². The monoisotopic (exact) mass is 372 g/mol.